The molecule has 0 fully saturated rings. The molecule has 0 saturated heterocycles. The number of hydrogen-bond acceptors (Lipinski definition) is 4. The molecule has 0 radical (unpaired) electrons. The second kappa shape index (κ2) is 9.20. The molecular weight excluding hydrogens is 340 g/mol. The highest BCUT2D eigenvalue weighted by Gasteiger charge is 2.29. The zero-order valence-corrected chi connectivity index (χ0v) is 16.8. The maximum atomic E-state index is 12.4. The molecule has 0 spiro atoms. The minimum Gasteiger partial charge on any atom is -0.379 e. The molecule has 0 aliphatic rings. The summed E-state index contributed by atoms with van der Waals surface area (Å²) in [6.07, 6.45) is 1.95. The van der Waals surface area contributed by atoms with Crippen molar-refractivity contribution in [3.05, 3.63) is 29.3 Å². The summed E-state index contributed by atoms with van der Waals surface area (Å²) in [6.45, 7) is 10.3. The first-order chi connectivity index (χ1) is 11.5. The molecule has 0 heterocycles. The molecule has 0 bridgehead atoms. The molecule has 6 nitrogen and oxygen atoms in total. The van der Waals surface area contributed by atoms with Gasteiger partial charge in [-0.15, -0.1) is 0 Å². The standard InChI is InChI=1S/C18H30N2O4S/c1-13(2)24-9-7-8-19-18(21)16(5)20(25(6,22)23)17-11-14(3)10-15(4)12-17/h10-13,16H,7-9H2,1-6H3,(H,19,21)/t16-/m1/s1. The van der Waals surface area contributed by atoms with Gasteiger partial charge in [0, 0.05) is 13.2 Å². The van der Waals surface area contributed by atoms with Gasteiger partial charge in [-0.1, -0.05) is 6.07 Å². The highest BCUT2D eigenvalue weighted by Crippen LogP contribution is 2.23. The largest absolute Gasteiger partial charge is 0.379 e. The topological polar surface area (TPSA) is 75.7 Å². The van der Waals surface area contributed by atoms with E-state index >= 15 is 0 Å². The van der Waals surface area contributed by atoms with Crippen LogP contribution in [-0.2, 0) is 19.6 Å². The third kappa shape index (κ3) is 7.04. The van der Waals surface area contributed by atoms with Gasteiger partial charge in [-0.05, 0) is 64.3 Å². The Kier molecular flexibility index (Phi) is 7.89. The van der Waals surface area contributed by atoms with Crippen molar-refractivity contribution in [3.8, 4) is 0 Å². The van der Waals surface area contributed by atoms with Crippen LogP contribution in [0, 0.1) is 13.8 Å². The summed E-state index contributed by atoms with van der Waals surface area (Å²) in [7, 11) is -3.59. The van der Waals surface area contributed by atoms with Gasteiger partial charge >= 0.3 is 0 Å². The number of ether oxygens (including phenoxy) is 1. The average Bonchev–Trinajstić information content (AvgIpc) is 2.43. The number of rotatable bonds is 9. The van der Waals surface area contributed by atoms with E-state index in [1.54, 1.807) is 19.1 Å². The zero-order valence-electron chi connectivity index (χ0n) is 16.0. The smallest absolute Gasteiger partial charge is 0.243 e. The lowest BCUT2D eigenvalue weighted by molar-refractivity contribution is -0.121. The first-order valence-electron chi connectivity index (χ1n) is 8.49. The highest BCUT2D eigenvalue weighted by molar-refractivity contribution is 7.92. The number of hydrogen-bond donors (Lipinski definition) is 1. The Labute approximate surface area is 151 Å². The Morgan fingerprint density at radius 2 is 1.72 bits per heavy atom. The van der Waals surface area contributed by atoms with Crippen LogP contribution in [0.5, 0.6) is 0 Å². The van der Waals surface area contributed by atoms with Crippen molar-refractivity contribution < 1.29 is 17.9 Å². The SMILES string of the molecule is Cc1cc(C)cc(N([C@H](C)C(=O)NCCCOC(C)C)S(C)(=O)=O)c1. The highest BCUT2D eigenvalue weighted by atomic mass is 32.2. The lowest BCUT2D eigenvalue weighted by Gasteiger charge is -2.28. The van der Waals surface area contributed by atoms with E-state index < -0.39 is 16.1 Å². The van der Waals surface area contributed by atoms with Gasteiger partial charge in [-0.25, -0.2) is 8.42 Å². The lowest BCUT2D eigenvalue weighted by atomic mass is 10.1. The molecule has 0 aromatic heterocycles. The monoisotopic (exact) mass is 370 g/mol. The van der Waals surface area contributed by atoms with Crippen molar-refractivity contribution in [2.24, 2.45) is 0 Å². The van der Waals surface area contributed by atoms with Gasteiger partial charge in [0.25, 0.3) is 0 Å². The second-order valence-corrected chi connectivity index (χ2v) is 8.50. The number of aryl methyl sites for hydroxylation is 2. The third-order valence-corrected chi connectivity index (χ3v) is 4.86. The number of benzene rings is 1. The van der Waals surface area contributed by atoms with Crippen LogP contribution in [-0.4, -0.2) is 45.9 Å². The van der Waals surface area contributed by atoms with E-state index in [-0.39, 0.29) is 12.0 Å². The Bertz CT molecular complexity index is 666. The molecule has 25 heavy (non-hydrogen) atoms. The number of anilines is 1. The molecule has 0 saturated carbocycles. The number of nitrogens with zero attached hydrogens (tertiary/aromatic N) is 1. The molecule has 1 aromatic carbocycles. The average molecular weight is 371 g/mol. The third-order valence-electron chi connectivity index (χ3n) is 3.62. The Morgan fingerprint density at radius 1 is 1.16 bits per heavy atom. The van der Waals surface area contributed by atoms with Crippen molar-refractivity contribution in [1.29, 1.82) is 0 Å². The quantitative estimate of drug-likeness (QED) is 0.677. The van der Waals surface area contributed by atoms with Gasteiger partial charge in [-0.2, -0.15) is 0 Å². The number of carbonyl (C=O) groups is 1. The molecule has 1 amide bonds. The van der Waals surface area contributed by atoms with E-state index in [0.717, 1.165) is 17.4 Å². The predicted octanol–water partition coefficient (Wildman–Crippen LogP) is 2.39. The fourth-order valence-electron chi connectivity index (χ4n) is 2.64. The molecule has 0 unspecified atom stereocenters. The van der Waals surface area contributed by atoms with E-state index in [2.05, 4.69) is 5.32 Å². The van der Waals surface area contributed by atoms with Crippen LogP contribution in [0.3, 0.4) is 0 Å². The van der Waals surface area contributed by atoms with Crippen molar-refractivity contribution in [1.82, 2.24) is 5.32 Å². The first-order valence-corrected chi connectivity index (χ1v) is 10.3. The fraction of sp³-hybridized carbons (Fsp3) is 0.611. The van der Waals surface area contributed by atoms with Gasteiger partial charge in [0.05, 0.1) is 18.0 Å². The predicted molar refractivity (Wildman–Crippen MR) is 101 cm³/mol. The summed E-state index contributed by atoms with van der Waals surface area (Å²) in [5, 5.41) is 2.78. The molecule has 1 N–H and O–H groups in total. The van der Waals surface area contributed by atoms with Crippen molar-refractivity contribution >= 4 is 21.6 Å². The van der Waals surface area contributed by atoms with Gasteiger partial charge in [-0.3, -0.25) is 9.10 Å². The maximum absolute atomic E-state index is 12.4. The molecule has 0 aliphatic carbocycles. The van der Waals surface area contributed by atoms with E-state index in [1.807, 2.05) is 33.8 Å². The molecule has 1 atom stereocenters. The normalized spacial score (nSPS) is 12.9. The fourth-order valence-corrected chi connectivity index (χ4v) is 3.80. The van der Waals surface area contributed by atoms with E-state index in [0.29, 0.717) is 25.3 Å². The molecule has 142 valence electrons. The molecule has 1 aromatic rings. The van der Waals surface area contributed by atoms with Crippen LogP contribution in [0.2, 0.25) is 0 Å². The first kappa shape index (κ1) is 21.4. The molecule has 7 heteroatoms. The summed E-state index contributed by atoms with van der Waals surface area (Å²) >= 11 is 0. The minimum atomic E-state index is -3.59. The number of amides is 1. The van der Waals surface area contributed by atoms with E-state index in [1.165, 1.54) is 4.31 Å². The summed E-state index contributed by atoms with van der Waals surface area (Å²) in [4.78, 5) is 12.4. The number of carbonyl (C=O) groups excluding carboxylic acids is 1. The summed E-state index contributed by atoms with van der Waals surface area (Å²) in [5.41, 5.74) is 2.40. The van der Waals surface area contributed by atoms with Crippen LogP contribution in [0.1, 0.15) is 38.3 Å². The van der Waals surface area contributed by atoms with E-state index in [9.17, 15) is 13.2 Å². The Morgan fingerprint density at radius 3 is 2.20 bits per heavy atom. The minimum absolute atomic E-state index is 0.153. The second-order valence-electron chi connectivity index (χ2n) is 6.64. The van der Waals surface area contributed by atoms with E-state index in [4.69, 9.17) is 4.74 Å². The molecule has 1 rings (SSSR count). The van der Waals surface area contributed by atoms with Crippen LogP contribution in [0.25, 0.3) is 0 Å². The summed E-state index contributed by atoms with van der Waals surface area (Å²) < 4.78 is 31.2. The molecular formula is C18H30N2O4S. The van der Waals surface area contributed by atoms with Crippen LogP contribution < -0.4 is 9.62 Å². The van der Waals surface area contributed by atoms with Crippen LogP contribution in [0.4, 0.5) is 5.69 Å². The number of nitrogens with one attached hydrogen (secondary N) is 1. The van der Waals surface area contributed by atoms with Crippen LogP contribution >= 0.6 is 0 Å². The maximum Gasteiger partial charge on any atom is 0.243 e. The molecule has 0 aliphatic heterocycles. The summed E-state index contributed by atoms with van der Waals surface area (Å²) in [6, 6.07) is 4.67. The van der Waals surface area contributed by atoms with Crippen molar-refractivity contribution in [3.63, 3.8) is 0 Å². The van der Waals surface area contributed by atoms with Gasteiger partial charge in [0.1, 0.15) is 6.04 Å². The Hall–Kier alpha value is -1.60. The van der Waals surface area contributed by atoms with Gasteiger partial charge in [0.15, 0.2) is 0 Å². The van der Waals surface area contributed by atoms with Gasteiger partial charge in [0.2, 0.25) is 15.9 Å². The summed E-state index contributed by atoms with van der Waals surface area (Å²) in [5.74, 6) is -0.325. The van der Waals surface area contributed by atoms with Crippen molar-refractivity contribution in [2.45, 2.75) is 53.2 Å². The van der Waals surface area contributed by atoms with Crippen LogP contribution in [0.15, 0.2) is 18.2 Å². The zero-order chi connectivity index (χ0) is 19.2. The number of sulfonamides is 1. The van der Waals surface area contributed by atoms with Gasteiger partial charge < -0.3 is 10.1 Å². The lowest BCUT2D eigenvalue weighted by Crippen LogP contribution is -2.48. The van der Waals surface area contributed by atoms with Crippen molar-refractivity contribution in [2.75, 3.05) is 23.7 Å². The Balaban J connectivity index is 2.84.